The normalized spacial score (nSPS) is 16.4. The first kappa shape index (κ1) is 32.0. The van der Waals surface area contributed by atoms with E-state index in [1.807, 2.05) is 13.8 Å². The molecule has 2 atom stereocenters. The SMILES string of the molecule is CC(C)C(C=O)NC(=O)CCOCCOCCOCCOCCNC(=O)COC1C#CCCCCC1. The van der Waals surface area contributed by atoms with E-state index in [1.54, 1.807) is 0 Å². The molecule has 0 heterocycles. The molecule has 0 radical (unpaired) electrons. The van der Waals surface area contributed by atoms with Gasteiger partial charge in [0.05, 0.1) is 58.9 Å². The van der Waals surface area contributed by atoms with Gasteiger partial charge >= 0.3 is 0 Å². The van der Waals surface area contributed by atoms with E-state index in [2.05, 4.69) is 22.5 Å². The summed E-state index contributed by atoms with van der Waals surface area (Å²) in [6.07, 6.45) is 5.98. The lowest BCUT2D eigenvalue weighted by molar-refractivity contribution is -0.127. The van der Waals surface area contributed by atoms with Crippen LogP contribution >= 0.6 is 0 Å². The highest BCUT2D eigenvalue weighted by molar-refractivity contribution is 5.79. The van der Waals surface area contributed by atoms with Gasteiger partial charge in [0.15, 0.2) is 0 Å². The van der Waals surface area contributed by atoms with Gasteiger partial charge in [-0.05, 0) is 25.2 Å². The van der Waals surface area contributed by atoms with Crippen LogP contribution in [0.5, 0.6) is 0 Å². The number of aldehydes is 1. The zero-order valence-electron chi connectivity index (χ0n) is 21.9. The van der Waals surface area contributed by atoms with Crippen molar-refractivity contribution in [2.24, 2.45) is 5.92 Å². The van der Waals surface area contributed by atoms with Gasteiger partial charge < -0.3 is 39.1 Å². The minimum Gasteiger partial charge on any atom is -0.379 e. The highest BCUT2D eigenvalue weighted by atomic mass is 16.6. The molecule has 2 amide bonds. The maximum absolute atomic E-state index is 11.8. The molecule has 0 aromatic carbocycles. The fourth-order valence-corrected chi connectivity index (χ4v) is 3.14. The minimum absolute atomic E-state index is 0.0168. The summed E-state index contributed by atoms with van der Waals surface area (Å²) in [6.45, 7) is 7.37. The van der Waals surface area contributed by atoms with E-state index in [4.69, 9.17) is 23.7 Å². The first-order valence-corrected chi connectivity index (χ1v) is 12.9. The number of amides is 2. The molecule has 10 heteroatoms. The molecule has 0 aliphatic heterocycles. The van der Waals surface area contributed by atoms with Gasteiger partial charge in [-0.2, -0.15) is 0 Å². The topological polar surface area (TPSA) is 121 Å². The Labute approximate surface area is 215 Å². The lowest BCUT2D eigenvalue weighted by Gasteiger charge is -2.16. The van der Waals surface area contributed by atoms with Crippen LogP contribution in [0.1, 0.15) is 52.4 Å². The van der Waals surface area contributed by atoms with Crippen molar-refractivity contribution in [2.75, 3.05) is 66.0 Å². The van der Waals surface area contributed by atoms with Crippen LogP contribution < -0.4 is 10.6 Å². The van der Waals surface area contributed by atoms with Crippen molar-refractivity contribution in [1.29, 1.82) is 0 Å². The molecule has 0 saturated heterocycles. The van der Waals surface area contributed by atoms with Gasteiger partial charge in [-0.1, -0.05) is 26.2 Å². The molecule has 0 aromatic rings. The molecule has 1 rings (SSSR count). The number of nitrogens with one attached hydrogen (secondary N) is 2. The number of rotatable bonds is 21. The zero-order valence-corrected chi connectivity index (χ0v) is 21.9. The second-order valence-corrected chi connectivity index (χ2v) is 8.74. The van der Waals surface area contributed by atoms with Crippen LogP contribution in [0.15, 0.2) is 0 Å². The predicted molar refractivity (Wildman–Crippen MR) is 134 cm³/mol. The largest absolute Gasteiger partial charge is 0.379 e. The fraction of sp³-hybridized carbons (Fsp3) is 0.808. The standard InChI is InChI=1S/C26H44N2O8/c1-22(2)24(20-29)28-25(30)10-12-32-14-16-34-18-19-35-17-15-33-13-11-27-26(31)21-36-23-8-6-4-3-5-7-9-23/h20,22-24H,3-6,8,10-19,21H2,1-2H3,(H,27,31)(H,28,30). The van der Waals surface area contributed by atoms with Gasteiger partial charge in [0.1, 0.15) is 19.0 Å². The molecular weight excluding hydrogens is 468 g/mol. The summed E-state index contributed by atoms with van der Waals surface area (Å²) in [4.78, 5) is 34.5. The number of hydrogen-bond donors (Lipinski definition) is 2. The number of carbonyl (C=O) groups excluding carboxylic acids is 3. The maximum Gasteiger partial charge on any atom is 0.246 e. The predicted octanol–water partition coefficient (Wildman–Crippen LogP) is 1.25. The van der Waals surface area contributed by atoms with Crippen LogP contribution in [0.2, 0.25) is 0 Å². The van der Waals surface area contributed by atoms with Crippen molar-refractivity contribution in [1.82, 2.24) is 10.6 Å². The zero-order chi connectivity index (χ0) is 26.3. The van der Waals surface area contributed by atoms with Crippen LogP contribution in [0, 0.1) is 17.8 Å². The molecule has 2 N–H and O–H groups in total. The average Bonchev–Trinajstić information content (AvgIpc) is 2.84. The van der Waals surface area contributed by atoms with Crippen molar-refractivity contribution in [3.8, 4) is 11.8 Å². The Hall–Kier alpha value is -2.03. The average molecular weight is 513 g/mol. The lowest BCUT2D eigenvalue weighted by Crippen LogP contribution is -2.40. The van der Waals surface area contributed by atoms with Crippen LogP contribution in [0.25, 0.3) is 0 Å². The Morgan fingerprint density at radius 3 is 2.17 bits per heavy atom. The Balaban J connectivity index is 1.82. The highest BCUT2D eigenvalue weighted by Gasteiger charge is 2.14. The van der Waals surface area contributed by atoms with E-state index in [9.17, 15) is 14.4 Å². The van der Waals surface area contributed by atoms with Crippen molar-refractivity contribution in [3.63, 3.8) is 0 Å². The quantitative estimate of drug-likeness (QED) is 0.134. The summed E-state index contributed by atoms with van der Waals surface area (Å²) in [6, 6.07) is -0.464. The molecule has 0 spiro atoms. The Morgan fingerprint density at radius 2 is 1.53 bits per heavy atom. The molecule has 0 bridgehead atoms. The Morgan fingerprint density at radius 1 is 0.889 bits per heavy atom. The maximum atomic E-state index is 11.8. The van der Waals surface area contributed by atoms with E-state index in [1.165, 1.54) is 0 Å². The summed E-state index contributed by atoms with van der Waals surface area (Å²) >= 11 is 0. The number of ether oxygens (including phenoxy) is 5. The van der Waals surface area contributed by atoms with E-state index < -0.39 is 6.04 Å². The van der Waals surface area contributed by atoms with Gasteiger partial charge in [-0.3, -0.25) is 9.59 Å². The van der Waals surface area contributed by atoms with Crippen molar-refractivity contribution < 1.29 is 38.1 Å². The molecule has 206 valence electrons. The Bertz CT molecular complexity index is 662. The highest BCUT2D eigenvalue weighted by Crippen LogP contribution is 2.10. The van der Waals surface area contributed by atoms with Crippen molar-refractivity contribution >= 4 is 18.1 Å². The summed E-state index contributed by atoms with van der Waals surface area (Å²) in [5, 5.41) is 5.43. The molecule has 36 heavy (non-hydrogen) atoms. The van der Waals surface area contributed by atoms with E-state index in [-0.39, 0.29) is 43.5 Å². The molecule has 0 aromatic heterocycles. The lowest BCUT2D eigenvalue weighted by atomic mass is 10.1. The molecule has 10 nitrogen and oxygen atoms in total. The van der Waals surface area contributed by atoms with Crippen LogP contribution in [0.4, 0.5) is 0 Å². The van der Waals surface area contributed by atoms with Gasteiger partial charge in [0.25, 0.3) is 0 Å². The van der Waals surface area contributed by atoms with E-state index in [0.29, 0.717) is 52.8 Å². The second kappa shape index (κ2) is 22.2. The monoisotopic (exact) mass is 512 g/mol. The molecule has 2 unspecified atom stereocenters. The molecule has 0 fully saturated rings. The molecule has 1 aliphatic rings. The third-order valence-electron chi connectivity index (χ3n) is 5.30. The van der Waals surface area contributed by atoms with Crippen LogP contribution in [-0.2, 0) is 38.1 Å². The minimum atomic E-state index is -0.464. The third kappa shape index (κ3) is 18.3. The molecule has 0 saturated carbocycles. The van der Waals surface area contributed by atoms with Gasteiger partial charge in [-0.15, -0.1) is 5.92 Å². The van der Waals surface area contributed by atoms with Gasteiger partial charge in [-0.25, -0.2) is 0 Å². The number of carbonyl (C=O) groups is 3. The Kier molecular flexibility index (Phi) is 19.7. The number of hydrogen-bond acceptors (Lipinski definition) is 8. The summed E-state index contributed by atoms with van der Waals surface area (Å²) in [5.74, 6) is 5.87. The second-order valence-electron chi connectivity index (χ2n) is 8.74. The van der Waals surface area contributed by atoms with Gasteiger partial charge in [0.2, 0.25) is 11.8 Å². The summed E-state index contributed by atoms with van der Waals surface area (Å²) < 4.78 is 27.2. The molecule has 1 aliphatic carbocycles. The van der Waals surface area contributed by atoms with Gasteiger partial charge in [0, 0.05) is 19.4 Å². The van der Waals surface area contributed by atoms with Crippen LogP contribution in [0.3, 0.4) is 0 Å². The van der Waals surface area contributed by atoms with E-state index >= 15 is 0 Å². The summed E-state index contributed by atoms with van der Waals surface area (Å²) in [7, 11) is 0. The smallest absolute Gasteiger partial charge is 0.246 e. The fourth-order valence-electron chi connectivity index (χ4n) is 3.14. The molecular formula is C26H44N2O8. The third-order valence-corrected chi connectivity index (χ3v) is 5.30. The van der Waals surface area contributed by atoms with Crippen LogP contribution in [-0.4, -0.2) is 96.3 Å². The van der Waals surface area contributed by atoms with Crippen molar-refractivity contribution in [3.05, 3.63) is 0 Å². The summed E-state index contributed by atoms with van der Waals surface area (Å²) in [5.41, 5.74) is 0. The first-order valence-electron chi connectivity index (χ1n) is 12.9. The van der Waals surface area contributed by atoms with Crippen molar-refractivity contribution in [2.45, 2.75) is 64.5 Å². The first-order chi connectivity index (χ1) is 17.5. The van der Waals surface area contributed by atoms with E-state index in [0.717, 1.165) is 38.4 Å².